The molecule has 0 aromatic heterocycles. The Kier molecular flexibility index (Phi) is 10.9. The molecule has 3 aromatic carbocycles. The summed E-state index contributed by atoms with van der Waals surface area (Å²) in [6, 6.07) is 15.5. The lowest BCUT2D eigenvalue weighted by molar-refractivity contribution is -0.139. The van der Waals surface area contributed by atoms with Crippen LogP contribution >= 0.6 is 0 Å². The zero-order valence-corrected chi connectivity index (χ0v) is 25.6. The molecule has 0 radical (unpaired) electrons. The van der Waals surface area contributed by atoms with Crippen molar-refractivity contribution in [2.45, 2.75) is 45.2 Å². The lowest BCUT2D eigenvalue weighted by atomic mass is 10.1. The van der Waals surface area contributed by atoms with E-state index in [0.717, 1.165) is 27.6 Å². The molecule has 0 heterocycles. The van der Waals surface area contributed by atoms with Crippen LogP contribution in [-0.4, -0.2) is 58.5 Å². The first kappa shape index (κ1) is 32.4. The smallest absolute Gasteiger partial charge is 0.264 e. The Morgan fingerprint density at radius 1 is 0.929 bits per heavy atom. The van der Waals surface area contributed by atoms with Crippen molar-refractivity contribution in [3.05, 3.63) is 83.7 Å². The predicted octanol–water partition coefficient (Wildman–Crippen LogP) is 4.54. The number of hydrogen-bond donors (Lipinski definition) is 1. The fourth-order valence-electron chi connectivity index (χ4n) is 4.28. The van der Waals surface area contributed by atoms with Crippen LogP contribution in [0.3, 0.4) is 0 Å². The number of ether oxygens (including phenoxy) is 2. The highest BCUT2D eigenvalue weighted by molar-refractivity contribution is 7.92. The molecule has 42 heavy (non-hydrogen) atoms. The summed E-state index contributed by atoms with van der Waals surface area (Å²) < 4.78 is 53.3. The van der Waals surface area contributed by atoms with E-state index in [1.807, 2.05) is 45.0 Å². The molecule has 0 saturated carbocycles. The van der Waals surface area contributed by atoms with E-state index in [1.165, 1.54) is 49.5 Å². The number of benzene rings is 3. The number of aryl methyl sites for hydroxylation is 1. The molecule has 0 unspecified atom stereocenters. The van der Waals surface area contributed by atoms with Crippen molar-refractivity contribution in [3.8, 4) is 11.5 Å². The summed E-state index contributed by atoms with van der Waals surface area (Å²) in [4.78, 5) is 28.3. The van der Waals surface area contributed by atoms with Gasteiger partial charge in [0.05, 0.1) is 24.8 Å². The van der Waals surface area contributed by atoms with E-state index in [9.17, 15) is 22.4 Å². The Labute approximate surface area is 247 Å². The van der Waals surface area contributed by atoms with E-state index < -0.39 is 34.3 Å². The Hall–Kier alpha value is -4.12. The first-order valence-electron chi connectivity index (χ1n) is 13.5. The number of rotatable bonds is 13. The Morgan fingerprint density at radius 2 is 1.60 bits per heavy atom. The van der Waals surface area contributed by atoms with Crippen molar-refractivity contribution in [1.82, 2.24) is 10.2 Å². The van der Waals surface area contributed by atoms with Gasteiger partial charge in [-0.2, -0.15) is 0 Å². The van der Waals surface area contributed by atoms with Crippen LogP contribution in [0.15, 0.2) is 71.6 Å². The zero-order valence-electron chi connectivity index (χ0n) is 24.8. The SMILES string of the molecule is COc1ccc(S(=O)(=O)N(CC(=O)N(Cc2cccc(C)c2)[C@H](C)C(=O)NCC(C)C)c2ccc(F)cc2)cc1OC. The molecule has 3 aromatic rings. The zero-order chi connectivity index (χ0) is 31.0. The molecule has 1 N–H and O–H groups in total. The van der Waals surface area contributed by atoms with E-state index in [1.54, 1.807) is 6.92 Å². The normalized spacial score (nSPS) is 12.0. The number of nitrogens with zero attached hydrogens (tertiary/aromatic N) is 2. The van der Waals surface area contributed by atoms with Crippen LogP contribution in [0.1, 0.15) is 31.9 Å². The molecule has 0 aliphatic heterocycles. The van der Waals surface area contributed by atoms with Gasteiger partial charge in [-0.05, 0) is 61.7 Å². The Morgan fingerprint density at radius 3 is 2.19 bits per heavy atom. The highest BCUT2D eigenvalue weighted by Gasteiger charge is 2.33. The second-order valence-electron chi connectivity index (χ2n) is 10.3. The Balaban J connectivity index is 2.05. The number of carbonyl (C=O) groups excluding carboxylic acids is 2. The van der Waals surface area contributed by atoms with Crippen LogP contribution in [0.4, 0.5) is 10.1 Å². The third kappa shape index (κ3) is 8.00. The number of nitrogens with one attached hydrogen (secondary N) is 1. The summed E-state index contributed by atoms with van der Waals surface area (Å²) in [5, 5.41) is 2.85. The van der Waals surface area contributed by atoms with Crippen molar-refractivity contribution in [2.24, 2.45) is 5.92 Å². The second-order valence-corrected chi connectivity index (χ2v) is 12.2. The van der Waals surface area contributed by atoms with Gasteiger partial charge in [-0.15, -0.1) is 0 Å². The minimum Gasteiger partial charge on any atom is -0.493 e. The van der Waals surface area contributed by atoms with E-state index in [-0.39, 0.29) is 34.7 Å². The maximum Gasteiger partial charge on any atom is 0.264 e. The second kappa shape index (κ2) is 14.2. The largest absolute Gasteiger partial charge is 0.493 e. The van der Waals surface area contributed by atoms with Crippen LogP contribution < -0.4 is 19.1 Å². The summed E-state index contributed by atoms with van der Waals surface area (Å²) in [5.41, 5.74) is 1.83. The van der Waals surface area contributed by atoms with Gasteiger partial charge in [0.1, 0.15) is 18.4 Å². The Bertz CT molecular complexity index is 1490. The third-order valence-corrected chi connectivity index (χ3v) is 8.39. The third-order valence-electron chi connectivity index (χ3n) is 6.62. The minimum absolute atomic E-state index is 0.0739. The average Bonchev–Trinajstić information content (AvgIpc) is 2.97. The van der Waals surface area contributed by atoms with Crippen LogP contribution in [0, 0.1) is 18.7 Å². The molecule has 0 spiro atoms. The molecule has 9 nitrogen and oxygen atoms in total. The fourth-order valence-corrected chi connectivity index (χ4v) is 5.71. The molecule has 11 heteroatoms. The highest BCUT2D eigenvalue weighted by Crippen LogP contribution is 2.32. The summed E-state index contributed by atoms with van der Waals surface area (Å²) in [7, 11) is -1.57. The van der Waals surface area contributed by atoms with Crippen LogP contribution in [0.2, 0.25) is 0 Å². The standard InChI is InChI=1S/C31H38FN3O6S/c1-21(2)18-33-31(37)23(4)34(19-24-9-7-8-22(3)16-24)30(36)20-35(26-12-10-25(32)11-13-26)42(38,39)27-14-15-28(40-5)29(17-27)41-6/h7-17,21,23H,18-20H2,1-6H3,(H,33,37)/t23-/m1/s1. The van der Waals surface area contributed by atoms with Crippen molar-refractivity contribution < 1.29 is 31.9 Å². The fraction of sp³-hybridized carbons (Fsp3) is 0.355. The summed E-state index contributed by atoms with van der Waals surface area (Å²) >= 11 is 0. The summed E-state index contributed by atoms with van der Waals surface area (Å²) in [6.45, 7) is 7.29. The van der Waals surface area contributed by atoms with Crippen LogP contribution in [0.5, 0.6) is 11.5 Å². The summed E-state index contributed by atoms with van der Waals surface area (Å²) in [5.74, 6) is -0.836. The van der Waals surface area contributed by atoms with E-state index in [0.29, 0.717) is 12.3 Å². The van der Waals surface area contributed by atoms with E-state index in [2.05, 4.69) is 5.32 Å². The van der Waals surface area contributed by atoms with Crippen molar-refractivity contribution >= 4 is 27.5 Å². The van der Waals surface area contributed by atoms with E-state index >= 15 is 0 Å². The number of sulfonamides is 1. The maximum absolute atomic E-state index is 14.0. The van der Waals surface area contributed by atoms with E-state index in [4.69, 9.17) is 9.47 Å². The average molecular weight is 600 g/mol. The molecule has 3 rings (SSSR count). The molecule has 226 valence electrons. The van der Waals surface area contributed by atoms with Gasteiger partial charge in [-0.25, -0.2) is 12.8 Å². The first-order valence-corrected chi connectivity index (χ1v) is 14.9. The summed E-state index contributed by atoms with van der Waals surface area (Å²) in [6.07, 6.45) is 0. The number of hydrogen-bond acceptors (Lipinski definition) is 6. The van der Waals surface area contributed by atoms with Gasteiger partial charge in [0, 0.05) is 19.2 Å². The van der Waals surface area contributed by atoms with Gasteiger partial charge >= 0.3 is 0 Å². The molecule has 0 bridgehead atoms. The molecule has 0 aliphatic rings. The van der Waals surface area contributed by atoms with Gasteiger partial charge in [0.15, 0.2) is 11.5 Å². The number of carbonyl (C=O) groups is 2. The quantitative estimate of drug-likeness (QED) is 0.310. The lowest BCUT2D eigenvalue weighted by Crippen LogP contribution is -2.51. The monoisotopic (exact) mass is 599 g/mol. The van der Waals surface area contributed by atoms with Crippen molar-refractivity contribution in [3.63, 3.8) is 0 Å². The van der Waals surface area contributed by atoms with Gasteiger partial charge in [0.2, 0.25) is 11.8 Å². The number of amides is 2. The van der Waals surface area contributed by atoms with Gasteiger partial charge in [0.25, 0.3) is 10.0 Å². The molecule has 0 saturated heterocycles. The number of methoxy groups -OCH3 is 2. The van der Waals surface area contributed by atoms with Gasteiger partial charge in [-0.3, -0.25) is 13.9 Å². The highest BCUT2D eigenvalue weighted by atomic mass is 32.2. The number of anilines is 1. The lowest BCUT2D eigenvalue weighted by Gasteiger charge is -2.32. The molecular formula is C31H38FN3O6S. The predicted molar refractivity (Wildman–Crippen MR) is 160 cm³/mol. The van der Waals surface area contributed by atoms with Crippen molar-refractivity contribution in [2.75, 3.05) is 31.6 Å². The van der Waals surface area contributed by atoms with Crippen LogP contribution in [-0.2, 0) is 26.2 Å². The number of halogens is 1. The first-order chi connectivity index (χ1) is 19.9. The van der Waals surface area contributed by atoms with Gasteiger partial charge in [-0.1, -0.05) is 43.7 Å². The minimum atomic E-state index is -4.37. The topological polar surface area (TPSA) is 105 Å². The maximum atomic E-state index is 14.0. The molecular weight excluding hydrogens is 561 g/mol. The van der Waals surface area contributed by atoms with Crippen LogP contribution in [0.25, 0.3) is 0 Å². The van der Waals surface area contributed by atoms with Gasteiger partial charge < -0.3 is 19.7 Å². The molecule has 1 atom stereocenters. The molecule has 0 fully saturated rings. The molecule has 2 amide bonds. The molecule has 0 aliphatic carbocycles. The van der Waals surface area contributed by atoms with Crippen molar-refractivity contribution in [1.29, 1.82) is 0 Å².